The first-order valence-corrected chi connectivity index (χ1v) is 7.74. The van der Waals surface area contributed by atoms with Crippen molar-refractivity contribution in [3.63, 3.8) is 0 Å². The van der Waals surface area contributed by atoms with Crippen LogP contribution in [0.15, 0.2) is 16.6 Å². The maximum Gasteiger partial charge on any atom is 0.239 e. The number of rotatable bonds is 3. The van der Waals surface area contributed by atoms with Gasteiger partial charge in [0.05, 0.1) is 9.53 Å². The van der Waals surface area contributed by atoms with Gasteiger partial charge in [-0.15, -0.1) is 0 Å². The van der Waals surface area contributed by atoms with Gasteiger partial charge >= 0.3 is 0 Å². The molecule has 3 nitrogen and oxygen atoms in total. The van der Waals surface area contributed by atoms with Gasteiger partial charge in [0, 0.05) is 4.47 Å². The zero-order valence-electron chi connectivity index (χ0n) is 9.34. The minimum atomic E-state index is -0.401. The minimum absolute atomic E-state index is 0.170. The number of nitrogens with one attached hydrogen (secondary N) is 1. The molecule has 0 saturated carbocycles. The Kier molecular flexibility index (Phi) is 4.34. The zero-order valence-corrected chi connectivity index (χ0v) is 13.3. The van der Waals surface area contributed by atoms with Crippen LogP contribution in [0.1, 0.15) is 13.3 Å². The number of thiazole rings is 1. The van der Waals surface area contributed by atoms with E-state index in [9.17, 15) is 9.18 Å². The second kappa shape index (κ2) is 5.63. The molecular weight excluding hydrogens is 387 g/mol. The molecule has 0 unspecified atom stereocenters. The monoisotopic (exact) mass is 394 g/mol. The number of benzene rings is 1. The Hall–Kier alpha value is -0.530. The molecule has 0 radical (unpaired) electrons. The number of amides is 1. The molecule has 1 atom stereocenters. The molecule has 0 aliphatic carbocycles. The molecule has 1 N–H and O–H groups in total. The third-order valence-electron chi connectivity index (χ3n) is 2.29. The molecule has 96 valence electrons. The van der Waals surface area contributed by atoms with E-state index in [-0.39, 0.29) is 16.3 Å². The highest BCUT2D eigenvalue weighted by molar-refractivity contribution is 9.10. The normalized spacial score (nSPS) is 12.7. The standard InChI is InChI=1S/C11H9Br2FN2OS/c1-2-6(13)10(17)16-11-15-9-7(14)3-5(12)4-8(9)18-11/h3-4,6H,2H2,1H3,(H,15,16,17)/t6-/m0/s1. The molecular formula is C11H9Br2FN2OS. The number of fused-ring (bicyclic) bond motifs is 1. The summed E-state index contributed by atoms with van der Waals surface area (Å²) in [5.74, 6) is -0.571. The van der Waals surface area contributed by atoms with Gasteiger partial charge in [-0.05, 0) is 18.6 Å². The first kappa shape index (κ1) is 13.9. The van der Waals surface area contributed by atoms with Crippen molar-refractivity contribution in [2.24, 2.45) is 0 Å². The molecule has 0 aliphatic heterocycles. The van der Waals surface area contributed by atoms with Gasteiger partial charge in [0.1, 0.15) is 5.52 Å². The Labute approximate surface area is 124 Å². The van der Waals surface area contributed by atoms with Crippen molar-refractivity contribution in [2.75, 3.05) is 5.32 Å². The Morgan fingerprint density at radius 3 is 3.00 bits per heavy atom. The number of hydrogen-bond donors (Lipinski definition) is 1. The lowest BCUT2D eigenvalue weighted by molar-refractivity contribution is -0.115. The van der Waals surface area contributed by atoms with Crippen molar-refractivity contribution in [2.45, 2.75) is 18.2 Å². The highest BCUT2D eigenvalue weighted by Gasteiger charge is 2.16. The van der Waals surface area contributed by atoms with E-state index in [2.05, 4.69) is 42.2 Å². The number of anilines is 1. The minimum Gasteiger partial charge on any atom is -0.301 e. The molecule has 2 rings (SSSR count). The highest BCUT2D eigenvalue weighted by Crippen LogP contribution is 2.30. The summed E-state index contributed by atoms with van der Waals surface area (Å²) in [4.78, 5) is 15.5. The Morgan fingerprint density at radius 2 is 2.33 bits per heavy atom. The van der Waals surface area contributed by atoms with Crippen LogP contribution in [0, 0.1) is 5.82 Å². The molecule has 2 aromatic rings. The predicted molar refractivity (Wildman–Crippen MR) is 78.9 cm³/mol. The topological polar surface area (TPSA) is 42.0 Å². The number of aromatic nitrogens is 1. The van der Waals surface area contributed by atoms with Crippen molar-refractivity contribution in [1.82, 2.24) is 4.98 Å². The maximum atomic E-state index is 13.6. The van der Waals surface area contributed by atoms with E-state index >= 15 is 0 Å². The van der Waals surface area contributed by atoms with Gasteiger partial charge < -0.3 is 5.32 Å². The average Bonchev–Trinajstić information content (AvgIpc) is 2.70. The molecule has 0 fully saturated rings. The predicted octanol–water partition coefficient (Wildman–Crippen LogP) is 4.31. The van der Waals surface area contributed by atoms with Crippen LogP contribution in [-0.4, -0.2) is 15.7 Å². The summed E-state index contributed by atoms with van der Waals surface area (Å²) in [6, 6.07) is 3.13. The third-order valence-corrected chi connectivity index (χ3v) is 4.73. The van der Waals surface area contributed by atoms with Crippen LogP contribution >= 0.6 is 43.2 Å². The Balaban J connectivity index is 2.31. The summed E-state index contributed by atoms with van der Waals surface area (Å²) in [6.07, 6.45) is 0.677. The smallest absolute Gasteiger partial charge is 0.239 e. The lowest BCUT2D eigenvalue weighted by Gasteiger charge is -2.04. The lowest BCUT2D eigenvalue weighted by atomic mass is 10.3. The molecule has 1 amide bonds. The summed E-state index contributed by atoms with van der Waals surface area (Å²) in [5.41, 5.74) is 0.279. The van der Waals surface area contributed by atoms with Gasteiger partial charge in [0.25, 0.3) is 0 Å². The fraction of sp³-hybridized carbons (Fsp3) is 0.273. The number of carbonyl (C=O) groups excluding carboxylic acids is 1. The van der Waals surface area contributed by atoms with Crippen molar-refractivity contribution in [3.05, 3.63) is 22.4 Å². The molecule has 18 heavy (non-hydrogen) atoms. The number of alkyl halides is 1. The average molecular weight is 396 g/mol. The first-order chi connectivity index (χ1) is 8.51. The van der Waals surface area contributed by atoms with E-state index in [4.69, 9.17) is 0 Å². The van der Waals surface area contributed by atoms with Crippen LogP contribution in [-0.2, 0) is 4.79 Å². The Morgan fingerprint density at radius 1 is 1.61 bits per heavy atom. The lowest BCUT2D eigenvalue weighted by Crippen LogP contribution is -2.21. The molecule has 1 aromatic carbocycles. The SMILES string of the molecule is CC[C@H](Br)C(=O)Nc1nc2c(F)cc(Br)cc2s1. The van der Waals surface area contributed by atoms with Crippen LogP contribution in [0.4, 0.5) is 9.52 Å². The molecule has 0 bridgehead atoms. The highest BCUT2D eigenvalue weighted by atomic mass is 79.9. The number of nitrogens with zero attached hydrogens (tertiary/aromatic N) is 1. The van der Waals surface area contributed by atoms with Gasteiger partial charge in [0.15, 0.2) is 10.9 Å². The fourth-order valence-corrected chi connectivity index (χ4v) is 3.00. The maximum absolute atomic E-state index is 13.6. The molecule has 7 heteroatoms. The van der Waals surface area contributed by atoms with Crippen LogP contribution < -0.4 is 5.32 Å². The fourth-order valence-electron chi connectivity index (χ4n) is 1.38. The van der Waals surface area contributed by atoms with Crippen molar-refractivity contribution in [3.8, 4) is 0 Å². The van der Waals surface area contributed by atoms with Crippen molar-refractivity contribution in [1.29, 1.82) is 0 Å². The molecule has 0 spiro atoms. The number of halogens is 3. The molecule has 0 saturated heterocycles. The van der Waals surface area contributed by atoms with E-state index < -0.39 is 5.82 Å². The third kappa shape index (κ3) is 2.89. The van der Waals surface area contributed by atoms with E-state index in [1.807, 2.05) is 6.92 Å². The Bertz CT molecular complexity index is 602. The van der Waals surface area contributed by atoms with Crippen LogP contribution in [0.2, 0.25) is 0 Å². The molecule has 1 heterocycles. The largest absolute Gasteiger partial charge is 0.301 e. The first-order valence-electron chi connectivity index (χ1n) is 5.21. The second-order valence-electron chi connectivity index (χ2n) is 3.62. The van der Waals surface area contributed by atoms with Gasteiger partial charge in [-0.25, -0.2) is 9.37 Å². The zero-order chi connectivity index (χ0) is 13.3. The summed E-state index contributed by atoms with van der Waals surface area (Å²) in [5, 5.41) is 3.08. The van der Waals surface area contributed by atoms with Gasteiger partial charge in [-0.3, -0.25) is 4.79 Å². The van der Waals surface area contributed by atoms with Crippen molar-refractivity contribution < 1.29 is 9.18 Å². The van der Waals surface area contributed by atoms with Crippen LogP contribution in [0.5, 0.6) is 0 Å². The van der Waals surface area contributed by atoms with Crippen molar-refractivity contribution >= 4 is 64.5 Å². The van der Waals surface area contributed by atoms with E-state index in [0.717, 1.165) is 0 Å². The van der Waals surface area contributed by atoms with Gasteiger partial charge in [-0.2, -0.15) is 0 Å². The summed E-state index contributed by atoms with van der Waals surface area (Å²) in [6.45, 7) is 1.90. The summed E-state index contributed by atoms with van der Waals surface area (Å²) in [7, 11) is 0. The van der Waals surface area contributed by atoms with E-state index in [0.29, 0.717) is 20.7 Å². The van der Waals surface area contributed by atoms with Gasteiger partial charge in [0.2, 0.25) is 5.91 Å². The second-order valence-corrected chi connectivity index (χ2v) is 6.67. The summed E-state index contributed by atoms with van der Waals surface area (Å²) >= 11 is 7.72. The quantitative estimate of drug-likeness (QED) is 0.786. The van der Waals surface area contributed by atoms with E-state index in [1.54, 1.807) is 6.07 Å². The molecule has 1 aromatic heterocycles. The molecule has 0 aliphatic rings. The van der Waals surface area contributed by atoms with E-state index in [1.165, 1.54) is 17.4 Å². The summed E-state index contributed by atoms with van der Waals surface area (Å²) < 4.78 is 15.0. The van der Waals surface area contributed by atoms with Crippen LogP contribution in [0.25, 0.3) is 10.2 Å². The van der Waals surface area contributed by atoms with Gasteiger partial charge in [-0.1, -0.05) is 50.1 Å². The van der Waals surface area contributed by atoms with Crippen LogP contribution in [0.3, 0.4) is 0 Å². The number of hydrogen-bond acceptors (Lipinski definition) is 3. The number of carbonyl (C=O) groups is 1.